The maximum atomic E-state index is 13.0. The molecule has 28 heavy (non-hydrogen) atoms. The van der Waals surface area contributed by atoms with Gasteiger partial charge in [-0.15, -0.1) is 0 Å². The van der Waals surface area contributed by atoms with E-state index < -0.39 is 10.0 Å². The standard InChI is InChI=1S/C20H30N4O3S/c1-16(2)20-21-7-8-23(20)12-9-22-10-13-24(14-11-22)28(25,26)18-5-6-19(27-4)17(3)15-18/h5-8,15-16H,9-14H2,1-4H3. The van der Waals surface area contributed by atoms with Crippen LogP contribution in [0.3, 0.4) is 0 Å². The van der Waals surface area contributed by atoms with E-state index in [2.05, 4.69) is 28.3 Å². The Morgan fingerprint density at radius 3 is 2.46 bits per heavy atom. The van der Waals surface area contributed by atoms with Gasteiger partial charge in [0.2, 0.25) is 10.0 Å². The maximum Gasteiger partial charge on any atom is 0.243 e. The molecular formula is C20H30N4O3S. The zero-order valence-corrected chi connectivity index (χ0v) is 17.9. The molecule has 0 spiro atoms. The second-order valence-corrected chi connectivity index (χ2v) is 9.45. The molecule has 0 radical (unpaired) electrons. The van der Waals surface area contributed by atoms with E-state index in [0.29, 0.717) is 29.7 Å². The molecule has 7 nitrogen and oxygen atoms in total. The maximum absolute atomic E-state index is 13.0. The fraction of sp³-hybridized carbons (Fsp3) is 0.550. The molecule has 0 aliphatic carbocycles. The van der Waals surface area contributed by atoms with Gasteiger partial charge in [-0.1, -0.05) is 13.8 Å². The van der Waals surface area contributed by atoms with E-state index in [-0.39, 0.29) is 0 Å². The fourth-order valence-corrected chi connectivity index (χ4v) is 5.12. The van der Waals surface area contributed by atoms with Gasteiger partial charge in [0.05, 0.1) is 12.0 Å². The van der Waals surface area contributed by atoms with Crippen LogP contribution in [0.4, 0.5) is 0 Å². The van der Waals surface area contributed by atoms with Gasteiger partial charge in [0.1, 0.15) is 11.6 Å². The molecule has 1 fully saturated rings. The lowest BCUT2D eigenvalue weighted by molar-refractivity contribution is 0.182. The molecule has 2 heterocycles. The van der Waals surface area contributed by atoms with Crippen LogP contribution in [0.5, 0.6) is 5.75 Å². The summed E-state index contributed by atoms with van der Waals surface area (Å²) in [5.41, 5.74) is 0.823. The topological polar surface area (TPSA) is 67.7 Å². The van der Waals surface area contributed by atoms with Crippen molar-refractivity contribution in [3.63, 3.8) is 0 Å². The van der Waals surface area contributed by atoms with Crippen LogP contribution in [0.15, 0.2) is 35.5 Å². The third-order valence-electron chi connectivity index (χ3n) is 5.26. The Kier molecular flexibility index (Phi) is 6.42. The van der Waals surface area contributed by atoms with Crippen LogP contribution >= 0.6 is 0 Å². The minimum absolute atomic E-state index is 0.333. The monoisotopic (exact) mass is 406 g/mol. The predicted molar refractivity (Wildman–Crippen MR) is 109 cm³/mol. The summed E-state index contributed by atoms with van der Waals surface area (Å²) < 4.78 is 34.9. The Morgan fingerprint density at radius 2 is 1.86 bits per heavy atom. The van der Waals surface area contributed by atoms with E-state index in [9.17, 15) is 8.42 Å². The number of methoxy groups -OCH3 is 1. The first-order valence-electron chi connectivity index (χ1n) is 9.71. The van der Waals surface area contributed by atoms with Crippen molar-refractivity contribution in [3.05, 3.63) is 42.0 Å². The zero-order valence-electron chi connectivity index (χ0n) is 17.1. The van der Waals surface area contributed by atoms with Gasteiger partial charge in [0, 0.05) is 57.6 Å². The van der Waals surface area contributed by atoms with Gasteiger partial charge in [-0.25, -0.2) is 13.4 Å². The molecule has 1 saturated heterocycles. The van der Waals surface area contributed by atoms with Crippen LogP contribution in [-0.4, -0.2) is 67.0 Å². The summed E-state index contributed by atoms with van der Waals surface area (Å²) >= 11 is 0. The first-order valence-corrected chi connectivity index (χ1v) is 11.1. The number of rotatable bonds is 7. The van der Waals surface area contributed by atoms with E-state index in [1.807, 2.05) is 19.3 Å². The first-order chi connectivity index (χ1) is 13.3. The highest BCUT2D eigenvalue weighted by Gasteiger charge is 2.28. The van der Waals surface area contributed by atoms with Crippen LogP contribution < -0.4 is 4.74 Å². The van der Waals surface area contributed by atoms with Gasteiger partial charge in [-0.2, -0.15) is 4.31 Å². The van der Waals surface area contributed by atoms with E-state index in [0.717, 1.165) is 37.6 Å². The molecule has 0 unspecified atom stereocenters. The lowest BCUT2D eigenvalue weighted by atomic mass is 10.2. The van der Waals surface area contributed by atoms with Gasteiger partial charge < -0.3 is 9.30 Å². The fourth-order valence-electron chi connectivity index (χ4n) is 3.61. The molecule has 1 aromatic heterocycles. The van der Waals surface area contributed by atoms with Crippen molar-refractivity contribution in [1.82, 2.24) is 18.8 Å². The van der Waals surface area contributed by atoms with E-state index in [1.165, 1.54) is 0 Å². The van der Waals surface area contributed by atoms with Crippen molar-refractivity contribution in [3.8, 4) is 5.75 Å². The van der Waals surface area contributed by atoms with E-state index in [4.69, 9.17) is 4.74 Å². The van der Waals surface area contributed by atoms with Gasteiger partial charge in [0.15, 0.2) is 0 Å². The number of hydrogen-bond acceptors (Lipinski definition) is 5. The van der Waals surface area contributed by atoms with Gasteiger partial charge >= 0.3 is 0 Å². The molecule has 8 heteroatoms. The number of imidazole rings is 1. The van der Waals surface area contributed by atoms with Crippen LogP contribution in [0.1, 0.15) is 31.2 Å². The van der Waals surface area contributed by atoms with E-state index >= 15 is 0 Å². The van der Waals surface area contributed by atoms with E-state index in [1.54, 1.807) is 29.6 Å². The molecule has 1 aliphatic heterocycles. The van der Waals surface area contributed by atoms with Crippen LogP contribution in [0, 0.1) is 6.92 Å². The third kappa shape index (κ3) is 4.39. The lowest BCUT2D eigenvalue weighted by Gasteiger charge is -2.34. The first kappa shape index (κ1) is 20.8. The predicted octanol–water partition coefficient (Wildman–Crippen LogP) is 2.33. The Morgan fingerprint density at radius 1 is 1.14 bits per heavy atom. The summed E-state index contributed by atoms with van der Waals surface area (Å²) in [6.07, 6.45) is 3.86. The molecule has 0 atom stereocenters. The van der Waals surface area contributed by atoms with Crippen LogP contribution in [0.25, 0.3) is 0 Å². The van der Waals surface area contributed by atoms with Crippen molar-refractivity contribution < 1.29 is 13.2 Å². The number of aromatic nitrogens is 2. The highest BCUT2D eigenvalue weighted by atomic mass is 32.2. The van der Waals surface area contributed by atoms with Crippen molar-refractivity contribution in [2.75, 3.05) is 39.8 Å². The summed E-state index contributed by atoms with van der Waals surface area (Å²) in [6.45, 7) is 10.4. The molecule has 1 aliphatic rings. The average molecular weight is 407 g/mol. The minimum Gasteiger partial charge on any atom is -0.496 e. The quantitative estimate of drug-likeness (QED) is 0.706. The lowest BCUT2D eigenvalue weighted by Crippen LogP contribution is -2.49. The van der Waals surface area contributed by atoms with Crippen molar-refractivity contribution in [2.45, 2.75) is 38.1 Å². The molecule has 1 aromatic carbocycles. The SMILES string of the molecule is COc1ccc(S(=O)(=O)N2CCN(CCn3ccnc3C(C)C)CC2)cc1C. The molecular weight excluding hydrogens is 376 g/mol. The van der Waals surface area contributed by atoms with Crippen molar-refractivity contribution in [1.29, 1.82) is 0 Å². The van der Waals surface area contributed by atoms with Gasteiger partial charge in [-0.05, 0) is 30.7 Å². The Bertz CT molecular complexity index is 900. The number of benzene rings is 1. The molecule has 0 N–H and O–H groups in total. The summed E-state index contributed by atoms with van der Waals surface area (Å²) in [5, 5.41) is 0. The summed E-state index contributed by atoms with van der Waals surface area (Å²) in [4.78, 5) is 7.07. The normalized spacial score (nSPS) is 16.6. The average Bonchev–Trinajstić information content (AvgIpc) is 3.15. The Hall–Kier alpha value is -1.90. The van der Waals surface area contributed by atoms with Crippen molar-refractivity contribution in [2.24, 2.45) is 0 Å². The minimum atomic E-state index is -3.47. The molecule has 0 amide bonds. The highest BCUT2D eigenvalue weighted by molar-refractivity contribution is 7.89. The molecule has 3 rings (SSSR count). The molecule has 0 bridgehead atoms. The smallest absolute Gasteiger partial charge is 0.243 e. The number of ether oxygens (including phenoxy) is 1. The second-order valence-electron chi connectivity index (χ2n) is 7.51. The Balaban J connectivity index is 1.58. The Labute approximate surface area is 168 Å². The van der Waals surface area contributed by atoms with Gasteiger partial charge in [0.25, 0.3) is 0 Å². The summed E-state index contributed by atoms with van der Waals surface area (Å²) in [5.74, 6) is 2.19. The molecule has 0 saturated carbocycles. The third-order valence-corrected chi connectivity index (χ3v) is 7.15. The molecule has 2 aromatic rings. The number of hydrogen-bond donors (Lipinski definition) is 0. The van der Waals surface area contributed by atoms with Crippen LogP contribution in [-0.2, 0) is 16.6 Å². The summed E-state index contributed by atoms with van der Waals surface area (Å²) in [7, 11) is -1.89. The van der Waals surface area contributed by atoms with Crippen molar-refractivity contribution >= 4 is 10.0 Å². The summed E-state index contributed by atoms with van der Waals surface area (Å²) in [6, 6.07) is 5.03. The number of aryl methyl sites for hydroxylation is 1. The zero-order chi connectivity index (χ0) is 20.3. The largest absolute Gasteiger partial charge is 0.496 e. The second kappa shape index (κ2) is 8.63. The highest BCUT2D eigenvalue weighted by Crippen LogP contribution is 2.24. The molecule has 154 valence electrons. The number of piperazine rings is 1. The van der Waals surface area contributed by atoms with Crippen LogP contribution in [0.2, 0.25) is 0 Å². The number of sulfonamides is 1. The number of nitrogens with zero attached hydrogens (tertiary/aromatic N) is 4. The van der Waals surface area contributed by atoms with Gasteiger partial charge in [-0.3, -0.25) is 4.90 Å².